The van der Waals surface area contributed by atoms with Crippen molar-refractivity contribution in [3.8, 4) is 56.4 Å². The van der Waals surface area contributed by atoms with Crippen LogP contribution >= 0.6 is 0 Å². The summed E-state index contributed by atoms with van der Waals surface area (Å²) in [4.78, 5) is 4.66. The summed E-state index contributed by atoms with van der Waals surface area (Å²) in [6.45, 7) is 10.5. The first-order valence-corrected chi connectivity index (χ1v) is 25.7. The maximum Gasteiger partial charge on any atom is 0.209 e. The first kappa shape index (κ1) is 44.3. The summed E-state index contributed by atoms with van der Waals surface area (Å²) in [6, 6.07) is 61.4. The molecule has 10 aromatic rings. The van der Waals surface area contributed by atoms with E-state index in [9.17, 15) is 0 Å². The molecule has 0 aromatic heterocycles. The summed E-state index contributed by atoms with van der Waals surface area (Å²) >= 11 is 0. The van der Waals surface area contributed by atoms with E-state index in [1.54, 1.807) is 14.2 Å². The molecule has 0 fully saturated rings. The quantitative estimate of drug-likeness (QED) is 0.177. The van der Waals surface area contributed by atoms with Gasteiger partial charge in [0.15, 0.2) is 0 Å². The van der Waals surface area contributed by atoms with E-state index < -0.39 is 11.4 Å². The molecule has 4 aliphatic heterocycles. The monoisotopic (exact) mass is 970 g/mol. The normalized spacial score (nSPS) is 19.7. The topological polar surface area (TPSA) is 67.5 Å². The van der Waals surface area contributed by atoms with Crippen LogP contribution in [0.1, 0.15) is 38.8 Å². The minimum atomic E-state index is -0.640. The zero-order valence-corrected chi connectivity index (χ0v) is 43.1. The van der Waals surface area contributed by atoms with Crippen molar-refractivity contribution in [3.05, 3.63) is 181 Å². The molecule has 0 radical (unpaired) electrons. The van der Waals surface area contributed by atoms with Gasteiger partial charge >= 0.3 is 0 Å². The largest absolute Gasteiger partial charge is 0.496 e. The lowest BCUT2D eigenvalue weighted by molar-refractivity contribution is 0.0201. The van der Waals surface area contributed by atoms with Crippen molar-refractivity contribution in [1.82, 2.24) is 0 Å². The van der Waals surface area contributed by atoms with E-state index >= 15 is 0 Å². The van der Waals surface area contributed by atoms with Crippen molar-refractivity contribution in [2.24, 2.45) is 0 Å². The minimum absolute atomic E-state index is 0.377. The smallest absolute Gasteiger partial charge is 0.209 e. The minimum Gasteiger partial charge on any atom is -0.496 e. The second-order valence-corrected chi connectivity index (χ2v) is 21.8. The fourth-order valence-corrected chi connectivity index (χ4v) is 13.5. The molecule has 14 rings (SSSR count). The van der Waals surface area contributed by atoms with Crippen LogP contribution in [-0.2, 0) is 10.8 Å². The van der Waals surface area contributed by atoms with Crippen molar-refractivity contribution in [2.75, 3.05) is 61.8 Å². The zero-order valence-electron chi connectivity index (χ0n) is 43.1. The summed E-state index contributed by atoms with van der Waals surface area (Å²) in [5.41, 5.74) is 11.4. The van der Waals surface area contributed by atoms with Gasteiger partial charge in [0, 0.05) is 47.4 Å². The first-order chi connectivity index (χ1) is 35.9. The molecule has 4 aliphatic rings. The molecule has 0 amide bonds. The molecule has 0 bridgehead atoms. The number of methoxy groups -OCH3 is 2. The lowest BCUT2D eigenvalue weighted by Crippen LogP contribution is -2.64. The van der Waals surface area contributed by atoms with Gasteiger partial charge in [-0.2, -0.15) is 0 Å². The number of rotatable bonds is 5. The Hall–Kier alpha value is -8.36. The number of nitrogens with one attached hydrogen (secondary N) is 2. The van der Waals surface area contributed by atoms with Gasteiger partial charge in [0.2, 0.25) is 11.4 Å². The third kappa shape index (κ3) is 5.90. The number of fused-ring (bicyclic) bond motifs is 10. The number of ether oxygens (including phenoxy) is 4. The van der Waals surface area contributed by atoms with Gasteiger partial charge in [-0.15, -0.1) is 0 Å². The van der Waals surface area contributed by atoms with Crippen LogP contribution in [0.4, 0.5) is 22.7 Å². The Labute approximate surface area is 432 Å². The molecule has 0 saturated carbocycles. The van der Waals surface area contributed by atoms with Gasteiger partial charge in [0.1, 0.15) is 23.0 Å². The van der Waals surface area contributed by atoms with Gasteiger partial charge in [-0.05, 0) is 154 Å². The number of anilines is 4. The summed E-state index contributed by atoms with van der Waals surface area (Å²) in [5, 5.41) is 16.9. The number of hydrogen-bond donors (Lipinski definition) is 2. The molecule has 0 saturated heterocycles. The predicted molar refractivity (Wildman–Crippen MR) is 305 cm³/mol. The van der Waals surface area contributed by atoms with Crippen LogP contribution in [0.5, 0.6) is 23.0 Å². The Morgan fingerprint density at radius 1 is 0.419 bits per heavy atom. The molecular formula is C66H58N4O4. The number of benzene rings is 10. The van der Waals surface area contributed by atoms with Crippen LogP contribution in [0.25, 0.3) is 76.5 Å². The second kappa shape index (κ2) is 15.6. The van der Waals surface area contributed by atoms with Gasteiger partial charge in [0.05, 0.1) is 49.5 Å². The molecule has 2 N–H and O–H groups in total. The van der Waals surface area contributed by atoms with E-state index in [-0.39, 0.29) is 10.8 Å². The van der Waals surface area contributed by atoms with Crippen LogP contribution in [0.2, 0.25) is 0 Å². The zero-order chi connectivity index (χ0) is 50.5. The number of hydrogen-bond acceptors (Lipinski definition) is 8. The molecular weight excluding hydrogens is 913 g/mol. The average Bonchev–Trinajstić information content (AvgIpc) is 3.69. The fourth-order valence-electron chi connectivity index (χ4n) is 13.5. The third-order valence-electron chi connectivity index (χ3n) is 17.8. The molecule has 2 atom stereocenters. The fraction of sp³-hybridized carbons (Fsp3) is 0.212. The van der Waals surface area contributed by atoms with E-state index in [0.717, 1.165) is 101 Å². The van der Waals surface area contributed by atoms with Gasteiger partial charge < -0.3 is 39.4 Å². The van der Waals surface area contributed by atoms with E-state index in [1.165, 1.54) is 32.7 Å². The molecule has 0 aliphatic carbocycles. The van der Waals surface area contributed by atoms with Crippen molar-refractivity contribution in [2.45, 2.75) is 50.0 Å². The van der Waals surface area contributed by atoms with Crippen LogP contribution < -0.4 is 39.4 Å². The second-order valence-electron chi connectivity index (χ2n) is 21.8. The Morgan fingerprint density at radius 2 is 0.838 bits per heavy atom. The van der Waals surface area contributed by atoms with Crippen molar-refractivity contribution < 1.29 is 18.9 Å². The average molecular weight is 971 g/mol. The lowest BCUT2D eigenvalue weighted by atomic mass is 9.76. The van der Waals surface area contributed by atoms with E-state index in [1.807, 2.05) is 0 Å². The summed E-state index contributed by atoms with van der Waals surface area (Å²) in [7, 11) is 7.88. The van der Waals surface area contributed by atoms with Crippen molar-refractivity contribution >= 4 is 65.8 Å². The summed E-state index contributed by atoms with van der Waals surface area (Å²) < 4.78 is 26.9. The summed E-state index contributed by atoms with van der Waals surface area (Å²) in [5.74, 6) is 3.39. The Bertz CT molecular complexity index is 3770. The van der Waals surface area contributed by atoms with Gasteiger partial charge in [0.25, 0.3) is 0 Å². The highest BCUT2D eigenvalue weighted by Crippen LogP contribution is 2.58. The van der Waals surface area contributed by atoms with Crippen LogP contribution in [-0.4, -0.2) is 52.9 Å². The van der Waals surface area contributed by atoms with E-state index in [4.69, 9.17) is 18.9 Å². The number of likely N-dealkylation sites (N-methyl/N-ethyl adjacent to an activating group) is 2. The van der Waals surface area contributed by atoms with Crippen molar-refractivity contribution in [3.63, 3.8) is 0 Å². The van der Waals surface area contributed by atoms with Crippen LogP contribution in [0.15, 0.2) is 170 Å². The van der Waals surface area contributed by atoms with Crippen LogP contribution in [0, 0.1) is 0 Å². The van der Waals surface area contributed by atoms with E-state index in [0.29, 0.717) is 13.1 Å². The SMILES string of the molecule is COc1cc2c(-c3cccc4cc(-c5ccc6c(c5)C(C)(C)[C@@]5(CNc7c(ccc8ccccc78)O5)N6C)c(OC)cc34)cccc2cc1-c1ccc2c(c1)C(C)(C)[C@@]1(CNc3c(ccc4ccccc34)O1)N2C. The molecule has 0 unspecified atom stereocenters. The maximum atomic E-state index is 7.16. The van der Waals surface area contributed by atoms with E-state index in [2.05, 4.69) is 232 Å². The van der Waals surface area contributed by atoms with Crippen LogP contribution in [0.3, 0.4) is 0 Å². The highest BCUT2D eigenvalue weighted by atomic mass is 16.5. The van der Waals surface area contributed by atoms with Gasteiger partial charge in [-0.25, -0.2) is 0 Å². The highest BCUT2D eigenvalue weighted by Gasteiger charge is 2.61. The van der Waals surface area contributed by atoms with Gasteiger partial charge in [-0.3, -0.25) is 0 Å². The lowest BCUT2D eigenvalue weighted by Gasteiger charge is -2.49. The molecule has 74 heavy (non-hydrogen) atoms. The van der Waals surface area contributed by atoms with Gasteiger partial charge in [-0.1, -0.05) is 109 Å². The van der Waals surface area contributed by atoms with Crippen molar-refractivity contribution in [1.29, 1.82) is 0 Å². The molecule has 2 spiro atoms. The Balaban J connectivity index is 0.804. The Morgan fingerprint density at radius 3 is 1.27 bits per heavy atom. The molecule has 8 heteroatoms. The highest BCUT2D eigenvalue weighted by molar-refractivity contribution is 6.09. The molecule has 366 valence electrons. The third-order valence-corrected chi connectivity index (χ3v) is 17.8. The molecule has 4 heterocycles. The molecule has 10 aromatic carbocycles. The number of nitrogens with zero attached hydrogens (tertiary/aromatic N) is 2. The Kier molecular flexibility index (Phi) is 9.34. The summed E-state index contributed by atoms with van der Waals surface area (Å²) in [6.07, 6.45) is 0. The standard InChI is InChI=1S/C66H58N4O4/c1-63(2)53-33-43(23-27-55(53)69(5)65(63)37-67-61-45-19-11-9-15-39(45)25-29-57(61)73-65)51-31-41-17-13-21-47(49(41)35-59(51)71-7)48-22-14-18-42-32-52(60(72-8)36-50(42)48)44-24-28-56-54(34-44)64(3,4)66(70(56)6)38-68-62-46-20-12-10-16-40(46)26-30-58(62)74-66/h9-36,67-68H,37-38H2,1-8H3/t65-,66-/m0/s1. The predicted octanol–water partition coefficient (Wildman–Crippen LogP) is 15.2. The first-order valence-electron chi connectivity index (χ1n) is 25.7. The maximum absolute atomic E-state index is 7.16. The molecule has 8 nitrogen and oxygen atoms in total.